The van der Waals surface area contributed by atoms with Crippen molar-refractivity contribution in [2.75, 3.05) is 11.1 Å². The highest BCUT2D eigenvalue weighted by molar-refractivity contribution is 7.91. The minimum Gasteiger partial charge on any atom is -0.467 e. The fourth-order valence-electron chi connectivity index (χ4n) is 2.35. The standard InChI is InChI=1S/C15H17NO6S2/c17-23(18,10-11-3-4-11)13-5-6-15(24(19,20)21)14(8-13)16-9-12-2-1-7-22-12/h1-2,5-8,11,16H,3-4,9-10H2,(H,19,20,21). The molecule has 0 saturated heterocycles. The summed E-state index contributed by atoms with van der Waals surface area (Å²) in [6.45, 7) is 0.154. The zero-order valence-electron chi connectivity index (χ0n) is 12.7. The van der Waals surface area contributed by atoms with Crippen LogP contribution in [0.5, 0.6) is 0 Å². The summed E-state index contributed by atoms with van der Waals surface area (Å²) in [6, 6.07) is 6.91. The summed E-state index contributed by atoms with van der Waals surface area (Å²) in [7, 11) is -7.98. The van der Waals surface area contributed by atoms with Crippen molar-refractivity contribution in [2.24, 2.45) is 5.92 Å². The Bertz CT molecular complexity index is 928. The van der Waals surface area contributed by atoms with Gasteiger partial charge in [0, 0.05) is 0 Å². The second-order valence-corrected chi connectivity index (χ2v) is 9.21. The lowest BCUT2D eigenvalue weighted by Gasteiger charge is -2.12. The Hall–Kier alpha value is -1.84. The second-order valence-electron chi connectivity index (χ2n) is 5.79. The van der Waals surface area contributed by atoms with Gasteiger partial charge in [-0.25, -0.2) is 8.42 Å². The largest absolute Gasteiger partial charge is 0.467 e. The molecular weight excluding hydrogens is 354 g/mol. The van der Waals surface area contributed by atoms with E-state index in [-0.39, 0.29) is 33.7 Å². The van der Waals surface area contributed by atoms with Crippen molar-refractivity contribution >= 4 is 25.6 Å². The molecule has 9 heteroatoms. The summed E-state index contributed by atoms with van der Waals surface area (Å²) >= 11 is 0. The van der Waals surface area contributed by atoms with E-state index in [1.165, 1.54) is 18.4 Å². The van der Waals surface area contributed by atoms with Crippen LogP contribution < -0.4 is 5.32 Å². The van der Waals surface area contributed by atoms with Crippen LogP contribution in [0.15, 0.2) is 50.8 Å². The van der Waals surface area contributed by atoms with Gasteiger partial charge in [0.1, 0.15) is 10.7 Å². The van der Waals surface area contributed by atoms with Crippen LogP contribution >= 0.6 is 0 Å². The van der Waals surface area contributed by atoms with Crippen LogP contribution in [-0.2, 0) is 26.5 Å². The number of anilines is 1. The first-order chi connectivity index (χ1) is 11.3. The van der Waals surface area contributed by atoms with Crippen molar-refractivity contribution in [1.82, 2.24) is 0 Å². The third-order valence-corrected chi connectivity index (χ3v) is 6.57. The van der Waals surface area contributed by atoms with Crippen molar-refractivity contribution in [3.8, 4) is 0 Å². The van der Waals surface area contributed by atoms with Crippen molar-refractivity contribution in [3.05, 3.63) is 42.4 Å². The number of benzene rings is 1. The Morgan fingerprint density at radius 3 is 2.50 bits per heavy atom. The van der Waals surface area contributed by atoms with E-state index in [1.54, 1.807) is 12.1 Å². The van der Waals surface area contributed by atoms with Gasteiger partial charge in [-0.1, -0.05) is 0 Å². The van der Waals surface area contributed by atoms with E-state index in [4.69, 9.17) is 4.42 Å². The molecule has 0 atom stereocenters. The molecule has 7 nitrogen and oxygen atoms in total. The molecular formula is C15H17NO6S2. The molecule has 1 aromatic heterocycles. The molecule has 0 radical (unpaired) electrons. The number of furan rings is 1. The normalized spacial score (nSPS) is 15.4. The van der Waals surface area contributed by atoms with Gasteiger partial charge < -0.3 is 9.73 Å². The quantitative estimate of drug-likeness (QED) is 0.718. The Balaban J connectivity index is 1.93. The highest BCUT2D eigenvalue weighted by Gasteiger charge is 2.30. The predicted octanol–water partition coefficient (Wildman–Crippen LogP) is 2.32. The van der Waals surface area contributed by atoms with Crippen molar-refractivity contribution in [2.45, 2.75) is 29.2 Å². The first kappa shape index (κ1) is 17.0. The van der Waals surface area contributed by atoms with E-state index in [0.717, 1.165) is 18.9 Å². The molecule has 2 N–H and O–H groups in total. The highest BCUT2D eigenvalue weighted by Crippen LogP contribution is 2.33. The van der Waals surface area contributed by atoms with Gasteiger partial charge in [-0.05, 0) is 49.1 Å². The maximum atomic E-state index is 12.4. The SMILES string of the molecule is O=S(=O)(O)c1ccc(S(=O)(=O)CC2CC2)cc1NCc1ccco1. The van der Waals surface area contributed by atoms with Gasteiger partial charge in [0.2, 0.25) is 0 Å². The number of sulfone groups is 1. The lowest BCUT2D eigenvalue weighted by Crippen LogP contribution is -2.11. The highest BCUT2D eigenvalue weighted by atomic mass is 32.2. The average Bonchev–Trinajstić information content (AvgIpc) is 3.14. The van der Waals surface area contributed by atoms with Crippen LogP contribution in [0.1, 0.15) is 18.6 Å². The molecule has 2 aromatic rings. The molecule has 0 aliphatic heterocycles. The predicted molar refractivity (Wildman–Crippen MR) is 87.1 cm³/mol. The third kappa shape index (κ3) is 3.97. The zero-order valence-corrected chi connectivity index (χ0v) is 14.3. The molecule has 130 valence electrons. The van der Waals surface area contributed by atoms with Crippen molar-refractivity contribution in [1.29, 1.82) is 0 Å². The Morgan fingerprint density at radius 2 is 1.92 bits per heavy atom. The fourth-order valence-corrected chi connectivity index (χ4v) is 4.72. The van der Waals surface area contributed by atoms with Crippen LogP contribution in [-0.4, -0.2) is 27.1 Å². The smallest absolute Gasteiger partial charge is 0.296 e. The summed E-state index contributed by atoms with van der Waals surface area (Å²) in [4.78, 5) is -0.344. The molecule has 1 aliphatic carbocycles. The molecule has 1 aliphatic rings. The summed E-state index contributed by atoms with van der Waals surface area (Å²) in [6.07, 6.45) is 3.26. The summed E-state index contributed by atoms with van der Waals surface area (Å²) < 4.78 is 62.2. The maximum absolute atomic E-state index is 12.4. The number of hydrogen-bond donors (Lipinski definition) is 2. The van der Waals surface area contributed by atoms with Gasteiger partial charge >= 0.3 is 0 Å². The van der Waals surface area contributed by atoms with Crippen LogP contribution in [0, 0.1) is 5.92 Å². The Kier molecular flexibility index (Phi) is 4.41. The van der Waals surface area contributed by atoms with E-state index in [2.05, 4.69) is 5.32 Å². The molecule has 0 amide bonds. The van der Waals surface area contributed by atoms with Crippen LogP contribution in [0.25, 0.3) is 0 Å². The van der Waals surface area contributed by atoms with Crippen molar-refractivity contribution in [3.63, 3.8) is 0 Å². The lowest BCUT2D eigenvalue weighted by atomic mass is 10.3. The van der Waals surface area contributed by atoms with E-state index < -0.39 is 20.0 Å². The van der Waals surface area contributed by atoms with Gasteiger partial charge in [-0.15, -0.1) is 0 Å². The van der Waals surface area contributed by atoms with E-state index in [1.807, 2.05) is 0 Å². The molecule has 1 heterocycles. The van der Waals surface area contributed by atoms with Crippen LogP contribution in [0.4, 0.5) is 5.69 Å². The van der Waals surface area contributed by atoms with Crippen LogP contribution in [0.2, 0.25) is 0 Å². The topological polar surface area (TPSA) is 114 Å². The van der Waals surface area contributed by atoms with Gasteiger partial charge in [-0.2, -0.15) is 8.42 Å². The number of hydrogen-bond acceptors (Lipinski definition) is 6. The second kappa shape index (κ2) is 6.23. The van der Waals surface area contributed by atoms with E-state index in [0.29, 0.717) is 5.76 Å². The molecule has 0 bridgehead atoms. The third-order valence-electron chi connectivity index (χ3n) is 3.77. The zero-order chi connectivity index (χ0) is 17.4. The number of rotatable bonds is 7. The Morgan fingerprint density at radius 1 is 1.17 bits per heavy atom. The molecule has 1 aromatic carbocycles. The van der Waals surface area contributed by atoms with Gasteiger partial charge in [-0.3, -0.25) is 4.55 Å². The minimum absolute atomic E-state index is 0.0192. The Labute approximate surface area is 140 Å². The average molecular weight is 371 g/mol. The first-order valence-electron chi connectivity index (χ1n) is 7.36. The maximum Gasteiger partial charge on any atom is 0.296 e. The number of nitrogens with one attached hydrogen (secondary N) is 1. The molecule has 1 fully saturated rings. The first-order valence-corrected chi connectivity index (χ1v) is 10.5. The molecule has 0 spiro atoms. The van der Waals surface area contributed by atoms with E-state index in [9.17, 15) is 21.4 Å². The lowest BCUT2D eigenvalue weighted by molar-refractivity contribution is 0.483. The monoisotopic (exact) mass is 371 g/mol. The summed E-state index contributed by atoms with van der Waals surface area (Å²) in [5.74, 6) is 0.772. The van der Waals surface area contributed by atoms with Crippen LogP contribution in [0.3, 0.4) is 0 Å². The molecule has 0 unspecified atom stereocenters. The summed E-state index contributed by atoms with van der Waals surface area (Å²) in [5.41, 5.74) is 0.0192. The van der Waals surface area contributed by atoms with Gasteiger partial charge in [0.05, 0.1) is 29.1 Å². The van der Waals surface area contributed by atoms with Crippen molar-refractivity contribution < 1.29 is 25.8 Å². The molecule has 1 saturated carbocycles. The molecule has 3 rings (SSSR count). The molecule has 24 heavy (non-hydrogen) atoms. The van der Waals surface area contributed by atoms with E-state index >= 15 is 0 Å². The fraction of sp³-hybridized carbons (Fsp3) is 0.333. The summed E-state index contributed by atoms with van der Waals surface area (Å²) in [5, 5.41) is 2.81. The minimum atomic E-state index is -4.49. The van der Waals surface area contributed by atoms with Gasteiger partial charge in [0.25, 0.3) is 10.1 Å². The van der Waals surface area contributed by atoms with Gasteiger partial charge in [0.15, 0.2) is 9.84 Å².